The number of hydrogen-bond acceptors (Lipinski definition) is 3. The summed E-state index contributed by atoms with van der Waals surface area (Å²) in [5.41, 5.74) is 9.33. The second kappa shape index (κ2) is 5.14. The Labute approximate surface area is 116 Å². The average molecular weight is 262 g/mol. The summed E-state index contributed by atoms with van der Waals surface area (Å²) in [5, 5.41) is 0. The molecule has 0 aromatic heterocycles. The number of likely N-dealkylation sites (N-methyl/N-ethyl adjacent to an activating group) is 1. The van der Waals surface area contributed by atoms with Gasteiger partial charge in [-0.2, -0.15) is 0 Å². The zero-order valence-electron chi connectivity index (χ0n) is 12.7. The van der Waals surface area contributed by atoms with Gasteiger partial charge >= 0.3 is 0 Å². The van der Waals surface area contributed by atoms with Crippen LogP contribution in [0.3, 0.4) is 0 Å². The normalized spacial score (nSPS) is 22.7. The fraction of sp³-hybridized carbons (Fsp3) is 0.625. The van der Waals surface area contributed by atoms with E-state index in [4.69, 9.17) is 10.5 Å². The molecule has 0 fully saturated rings. The van der Waals surface area contributed by atoms with Gasteiger partial charge in [0, 0.05) is 18.6 Å². The smallest absolute Gasteiger partial charge is 0.119 e. The van der Waals surface area contributed by atoms with E-state index in [0.717, 1.165) is 18.7 Å². The molecular formula is C16H26N2O. The van der Waals surface area contributed by atoms with Gasteiger partial charge in [0.2, 0.25) is 0 Å². The molecule has 2 unspecified atom stereocenters. The second-order valence-electron chi connectivity index (χ2n) is 6.84. The largest absolute Gasteiger partial charge is 0.497 e. The second-order valence-corrected chi connectivity index (χ2v) is 6.84. The van der Waals surface area contributed by atoms with Crippen molar-refractivity contribution in [1.82, 2.24) is 4.90 Å². The SMILES string of the molecule is COc1ccc2c(c1)C(N)C(N(C)CC(C)(C)C)C2. The highest BCUT2D eigenvalue weighted by atomic mass is 16.5. The maximum atomic E-state index is 6.44. The number of ether oxygens (including phenoxy) is 1. The van der Waals surface area contributed by atoms with Gasteiger partial charge in [0.25, 0.3) is 0 Å². The number of nitrogens with two attached hydrogens (primary N) is 1. The molecule has 1 aliphatic rings. The lowest BCUT2D eigenvalue weighted by Gasteiger charge is -2.33. The zero-order chi connectivity index (χ0) is 14.2. The van der Waals surface area contributed by atoms with Crippen LogP contribution in [-0.4, -0.2) is 31.6 Å². The van der Waals surface area contributed by atoms with Crippen LogP contribution in [0, 0.1) is 5.41 Å². The van der Waals surface area contributed by atoms with Crippen LogP contribution in [0.2, 0.25) is 0 Å². The fourth-order valence-electron chi connectivity index (χ4n) is 3.05. The summed E-state index contributed by atoms with van der Waals surface area (Å²) < 4.78 is 5.29. The minimum Gasteiger partial charge on any atom is -0.497 e. The lowest BCUT2D eigenvalue weighted by molar-refractivity contribution is 0.159. The number of fused-ring (bicyclic) bond motifs is 1. The van der Waals surface area contributed by atoms with Crippen LogP contribution in [0.15, 0.2) is 18.2 Å². The van der Waals surface area contributed by atoms with Gasteiger partial charge in [-0.05, 0) is 42.1 Å². The number of hydrogen-bond donors (Lipinski definition) is 1. The van der Waals surface area contributed by atoms with Crippen molar-refractivity contribution < 1.29 is 4.74 Å². The number of benzene rings is 1. The third-order valence-electron chi connectivity index (χ3n) is 3.85. The summed E-state index contributed by atoms with van der Waals surface area (Å²) in [6.45, 7) is 7.84. The maximum absolute atomic E-state index is 6.44. The molecule has 0 radical (unpaired) electrons. The molecule has 0 saturated heterocycles. The minimum atomic E-state index is 0.0810. The minimum absolute atomic E-state index is 0.0810. The Morgan fingerprint density at radius 3 is 2.63 bits per heavy atom. The van der Waals surface area contributed by atoms with Crippen LogP contribution in [-0.2, 0) is 6.42 Å². The third kappa shape index (κ3) is 3.10. The monoisotopic (exact) mass is 262 g/mol. The lowest BCUT2D eigenvalue weighted by Crippen LogP contribution is -2.42. The van der Waals surface area contributed by atoms with Gasteiger partial charge in [-0.15, -0.1) is 0 Å². The highest BCUT2D eigenvalue weighted by Gasteiger charge is 2.33. The molecule has 19 heavy (non-hydrogen) atoms. The number of nitrogens with zero attached hydrogens (tertiary/aromatic N) is 1. The van der Waals surface area contributed by atoms with Crippen LogP contribution in [0.4, 0.5) is 0 Å². The standard InChI is InChI=1S/C16H26N2O/c1-16(2,3)10-18(4)14-8-11-6-7-12(19-5)9-13(11)15(14)17/h6-7,9,14-15H,8,10,17H2,1-5H3. The summed E-state index contributed by atoms with van der Waals surface area (Å²) in [6, 6.07) is 6.74. The fourth-order valence-corrected chi connectivity index (χ4v) is 3.05. The Morgan fingerprint density at radius 2 is 2.05 bits per heavy atom. The summed E-state index contributed by atoms with van der Waals surface area (Å²) in [7, 11) is 3.88. The van der Waals surface area contributed by atoms with Crippen LogP contribution >= 0.6 is 0 Å². The maximum Gasteiger partial charge on any atom is 0.119 e. The Morgan fingerprint density at radius 1 is 1.37 bits per heavy atom. The van der Waals surface area contributed by atoms with E-state index in [9.17, 15) is 0 Å². The lowest BCUT2D eigenvalue weighted by atomic mass is 9.95. The molecule has 0 aliphatic heterocycles. The topological polar surface area (TPSA) is 38.5 Å². The van der Waals surface area contributed by atoms with Crippen molar-refractivity contribution in [2.24, 2.45) is 11.1 Å². The Bertz CT molecular complexity index is 451. The van der Waals surface area contributed by atoms with E-state index in [2.05, 4.69) is 44.9 Å². The van der Waals surface area contributed by atoms with E-state index < -0.39 is 0 Å². The first kappa shape index (κ1) is 14.4. The van der Waals surface area contributed by atoms with E-state index >= 15 is 0 Å². The first-order valence-electron chi connectivity index (χ1n) is 6.94. The van der Waals surface area contributed by atoms with Crippen LogP contribution < -0.4 is 10.5 Å². The van der Waals surface area contributed by atoms with Gasteiger partial charge in [0.1, 0.15) is 5.75 Å². The van der Waals surface area contributed by atoms with Crippen LogP contribution in [0.25, 0.3) is 0 Å². The van der Waals surface area contributed by atoms with Crippen molar-refractivity contribution in [1.29, 1.82) is 0 Å². The molecule has 106 valence electrons. The molecule has 1 aliphatic carbocycles. The first-order valence-corrected chi connectivity index (χ1v) is 6.94. The summed E-state index contributed by atoms with van der Waals surface area (Å²) >= 11 is 0. The molecule has 0 spiro atoms. The van der Waals surface area contributed by atoms with Crippen molar-refractivity contribution >= 4 is 0 Å². The highest BCUT2D eigenvalue weighted by Crippen LogP contribution is 2.35. The third-order valence-corrected chi connectivity index (χ3v) is 3.85. The predicted octanol–water partition coefficient (Wildman–Crippen LogP) is 2.60. The Balaban J connectivity index is 2.16. The van der Waals surface area contributed by atoms with Crippen molar-refractivity contribution in [2.75, 3.05) is 20.7 Å². The summed E-state index contributed by atoms with van der Waals surface area (Å²) in [6.07, 6.45) is 1.03. The molecular weight excluding hydrogens is 236 g/mol. The van der Waals surface area contributed by atoms with Crippen molar-refractivity contribution in [3.8, 4) is 5.75 Å². The molecule has 3 nitrogen and oxygen atoms in total. The molecule has 2 atom stereocenters. The van der Waals surface area contributed by atoms with E-state index in [0.29, 0.717) is 11.5 Å². The van der Waals surface area contributed by atoms with Crippen LogP contribution in [0.1, 0.15) is 37.9 Å². The molecule has 0 bridgehead atoms. The van der Waals surface area contributed by atoms with Gasteiger partial charge in [-0.3, -0.25) is 0 Å². The van der Waals surface area contributed by atoms with Gasteiger partial charge in [0.05, 0.1) is 7.11 Å². The predicted molar refractivity (Wildman–Crippen MR) is 79.5 cm³/mol. The molecule has 0 saturated carbocycles. The molecule has 0 heterocycles. The number of methoxy groups -OCH3 is 1. The summed E-state index contributed by atoms with van der Waals surface area (Å²) in [5.74, 6) is 0.897. The molecule has 2 rings (SSSR count). The molecule has 1 aromatic rings. The molecule has 3 heteroatoms. The van der Waals surface area contributed by atoms with E-state index in [1.54, 1.807) is 7.11 Å². The van der Waals surface area contributed by atoms with Crippen molar-refractivity contribution in [3.05, 3.63) is 29.3 Å². The van der Waals surface area contributed by atoms with Gasteiger partial charge < -0.3 is 15.4 Å². The first-order chi connectivity index (χ1) is 8.81. The van der Waals surface area contributed by atoms with E-state index in [-0.39, 0.29) is 6.04 Å². The van der Waals surface area contributed by atoms with Gasteiger partial charge in [0.15, 0.2) is 0 Å². The molecule has 0 amide bonds. The molecule has 2 N–H and O–H groups in total. The van der Waals surface area contributed by atoms with Gasteiger partial charge in [-0.25, -0.2) is 0 Å². The molecule has 1 aromatic carbocycles. The Hall–Kier alpha value is -1.06. The van der Waals surface area contributed by atoms with Crippen molar-refractivity contribution in [2.45, 2.75) is 39.3 Å². The highest BCUT2D eigenvalue weighted by molar-refractivity contribution is 5.42. The van der Waals surface area contributed by atoms with Crippen LogP contribution in [0.5, 0.6) is 5.75 Å². The number of rotatable bonds is 3. The van der Waals surface area contributed by atoms with E-state index in [1.165, 1.54) is 11.1 Å². The van der Waals surface area contributed by atoms with Gasteiger partial charge in [-0.1, -0.05) is 26.8 Å². The Kier molecular flexibility index (Phi) is 3.88. The van der Waals surface area contributed by atoms with E-state index in [1.807, 2.05) is 6.07 Å². The zero-order valence-corrected chi connectivity index (χ0v) is 12.7. The van der Waals surface area contributed by atoms with Crippen molar-refractivity contribution in [3.63, 3.8) is 0 Å². The quantitative estimate of drug-likeness (QED) is 0.910. The average Bonchev–Trinajstić information content (AvgIpc) is 2.64. The summed E-state index contributed by atoms with van der Waals surface area (Å²) in [4.78, 5) is 2.40.